The number of ether oxygens (including phenoxy) is 2. The van der Waals surface area contributed by atoms with Crippen molar-refractivity contribution in [3.8, 4) is 11.5 Å². The third-order valence-corrected chi connectivity index (χ3v) is 3.01. The molecule has 0 heterocycles. The van der Waals surface area contributed by atoms with Crippen LogP contribution in [0.25, 0.3) is 0 Å². The predicted molar refractivity (Wildman–Crippen MR) is 78.7 cm³/mol. The van der Waals surface area contributed by atoms with Crippen molar-refractivity contribution in [1.29, 1.82) is 0 Å². The Bertz CT molecular complexity index is 613. The van der Waals surface area contributed by atoms with Crippen molar-refractivity contribution in [3.05, 3.63) is 41.2 Å². The van der Waals surface area contributed by atoms with Gasteiger partial charge in [0.05, 0.1) is 30.6 Å². The second kappa shape index (κ2) is 5.88. The van der Waals surface area contributed by atoms with Crippen LogP contribution in [0, 0.1) is 5.82 Å². The molecule has 0 aliphatic heterocycles. The van der Waals surface area contributed by atoms with Gasteiger partial charge in [0.2, 0.25) is 0 Å². The van der Waals surface area contributed by atoms with Gasteiger partial charge in [-0.1, -0.05) is 11.6 Å². The molecule has 0 bridgehead atoms. The number of hydrogen-bond acceptors (Lipinski definition) is 4. The molecular weight excluding hydrogens is 283 g/mol. The molecule has 0 fully saturated rings. The predicted octanol–water partition coefficient (Wildman–Crippen LogP) is 3.82. The van der Waals surface area contributed by atoms with Crippen molar-refractivity contribution in [2.75, 3.05) is 25.3 Å². The molecule has 0 radical (unpaired) electrons. The van der Waals surface area contributed by atoms with Gasteiger partial charge < -0.3 is 20.5 Å². The standard InChI is InChI=1S/C14H14ClFN2O2/c1-19-9-3-8(4-10(5-9)20-2)18-14-6-11(15)12(16)7-13(14)17/h3-7,18H,17H2,1-2H3. The van der Waals surface area contributed by atoms with Crippen LogP contribution in [0.4, 0.5) is 21.5 Å². The van der Waals surface area contributed by atoms with Gasteiger partial charge in [-0.3, -0.25) is 0 Å². The summed E-state index contributed by atoms with van der Waals surface area (Å²) in [5, 5.41) is 3.05. The lowest BCUT2D eigenvalue weighted by Crippen LogP contribution is -1.98. The van der Waals surface area contributed by atoms with Gasteiger partial charge >= 0.3 is 0 Å². The number of nitrogen functional groups attached to an aromatic ring is 1. The number of nitrogens with two attached hydrogens (primary N) is 1. The summed E-state index contributed by atoms with van der Waals surface area (Å²) in [6.07, 6.45) is 0. The van der Waals surface area contributed by atoms with Crippen LogP contribution < -0.4 is 20.5 Å². The number of hydrogen-bond donors (Lipinski definition) is 2. The van der Waals surface area contributed by atoms with Gasteiger partial charge in [-0.25, -0.2) is 4.39 Å². The van der Waals surface area contributed by atoms with Crippen molar-refractivity contribution in [2.24, 2.45) is 0 Å². The lowest BCUT2D eigenvalue weighted by atomic mass is 10.2. The first kappa shape index (κ1) is 14.3. The average molecular weight is 297 g/mol. The van der Waals surface area contributed by atoms with E-state index in [4.69, 9.17) is 26.8 Å². The number of rotatable bonds is 4. The fraction of sp³-hybridized carbons (Fsp3) is 0.143. The van der Waals surface area contributed by atoms with Crippen LogP contribution in [0.1, 0.15) is 0 Å². The molecule has 0 saturated carbocycles. The van der Waals surface area contributed by atoms with Crippen molar-refractivity contribution in [1.82, 2.24) is 0 Å². The minimum atomic E-state index is -0.557. The van der Waals surface area contributed by atoms with E-state index in [1.54, 1.807) is 32.4 Å². The highest BCUT2D eigenvalue weighted by molar-refractivity contribution is 6.31. The highest BCUT2D eigenvalue weighted by Crippen LogP contribution is 2.32. The number of methoxy groups -OCH3 is 2. The van der Waals surface area contributed by atoms with Gasteiger partial charge in [-0.05, 0) is 6.07 Å². The number of halogens is 2. The number of benzene rings is 2. The molecule has 0 aliphatic carbocycles. The molecule has 0 aromatic heterocycles. The van der Waals surface area contributed by atoms with Crippen LogP contribution in [0.15, 0.2) is 30.3 Å². The zero-order valence-corrected chi connectivity index (χ0v) is 11.8. The van der Waals surface area contributed by atoms with Crippen LogP contribution in [-0.2, 0) is 0 Å². The number of anilines is 3. The van der Waals surface area contributed by atoms with Crippen LogP contribution in [0.3, 0.4) is 0 Å². The lowest BCUT2D eigenvalue weighted by molar-refractivity contribution is 0.395. The summed E-state index contributed by atoms with van der Waals surface area (Å²) < 4.78 is 23.6. The normalized spacial score (nSPS) is 10.2. The zero-order chi connectivity index (χ0) is 14.7. The topological polar surface area (TPSA) is 56.5 Å². The van der Waals surface area contributed by atoms with Crippen LogP contribution in [-0.4, -0.2) is 14.2 Å². The van der Waals surface area contributed by atoms with Crippen LogP contribution in [0.5, 0.6) is 11.5 Å². The lowest BCUT2D eigenvalue weighted by Gasteiger charge is -2.13. The van der Waals surface area contributed by atoms with E-state index >= 15 is 0 Å². The van der Waals surface area contributed by atoms with Crippen molar-refractivity contribution < 1.29 is 13.9 Å². The Morgan fingerprint density at radius 2 is 1.65 bits per heavy atom. The van der Waals surface area contributed by atoms with E-state index in [9.17, 15) is 4.39 Å². The Balaban J connectivity index is 2.36. The van der Waals surface area contributed by atoms with Gasteiger partial charge in [0.25, 0.3) is 0 Å². The van der Waals surface area contributed by atoms with Gasteiger partial charge in [0.1, 0.15) is 17.3 Å². The smallest absolute Gasteiger partial charge is 0.143 e. The fourth-order valence-corrected chi connectivity index (χ4v) is 1.87. The molecule has 0 amide bonds. The molecule has 2 aromatic rings. The van der Waals surface area contributed by atoms with Crippen LogP contribution >= 0.6 is 11.6 Å². The molecule has 106 valence electrons. The molecule has 3 N–H and O–H groups in total. The molecule has 0 atom stereocenters. The van der Waals surface area contributed by atoms with E-state index in [-0.39, 0.29) is 10.7 Å². The highest BCUT2D eigenvalue weighted by Gasteiger charge is 2.08. The Morgan fingerprint density at radius 3 is 2.20 bits per heavy atom. The molecule has 6 heteroatoms. The minimum Gasteiger partial charge on any atom is -0.497 e. The van der Waals surface area contributed by atoms with E-state index in [1.165, 1.54) is 12.1 Å². The maximum atomic E-state index is 13.3. The summed E-state index contributed by atoms with van der Waals surface area (Å²) >= 11 is 5.75. The SMILES string of the molecule is COc1cc(Nc2cc(Cl)c(F)cc2N)cc(OC)c1. The molecule has 2 rings (SSSR count). The van der Waals surface area contributed by atoms with E-state index in [0.717, 1.165) is 0 Å². The molecular formula is C14H14ClFN2O2. The Morgan fingerprint density at radius 1 is 1.05 bits per heavy atom. The summed E-state index contributed by atoms with van der Waals surface area (Å²) in [4.78, 5) is 0. The third-order valence-electron chi connectivity index (χ3n) is 2.72. The summed E-state index contributed by atoms with van der Waals surface area (Å²) in [5.74, 6) is 0.690. The Labute approximate surface area is 121 Å². The van der Waals surface area contributed by atoms with Crippen LogP contribution in [0.2, 0.25) is 5.02 Å². The van der Waals surface area contributed by atoms with E-state index < -0.39 is 5.82 Å². The third kappa shape index (κ3) is 3.05. The maximum absolute atomic E-state index is 13.3. The average Bonchev–Trinajstić information content (AvgIpc) is 2.44. The first-order chi connectivity index (χ1) is 9.53. The quantitative estimate of drug-likeness (QED) is 0.842. The minimum absolute atomic E-state index is 0.00318. The van der Waals surface area contributed by atoms with Gasteiger partial charge in [-0.15, -0.1) is 0 Å². The molecule has 20 heavy (non-hydrogen) atoms. The van der Waals surface area contributed by atoms with E-state index in [1.807, 2.05) is 0 Å². The molecule has 2 aromatic carbocycles. The summed E-state index contributed by atoms with van der Waals surface area (Å²) in [6, 6.07) is 7.87. The van der Waals surface area contributed by atoms with Gasteiger partial charge in [-0.2, -0.15) is 0 Å². The molecule has 0 spiro atoms. The van der Waals surface area contributed by atoms with Crippen molar-refractivity contribution >= 4 is 28.7 Å². The summed E-state index contributed by atoms with van der Waals surface area (Å²) in [7, 11) is 3.11. The highest BCUT2D eigenvalue weighted by atomic mass is 35.5. The number of nitrogens with one attached hydrogen (secondary N) is 1. The van der Waals surface area contributed by atoms with Gasteiger partial charge in [0, 0.05) is 30.0 Å². The Hall–Kier alpha value is -2.14. The molecule has 0 saturated heterocycles. The van der Waals surface area contributed by atoms with Gasteiger partial charge in [0.15, 0.2) is 0 Å². The fourth-order valence-electron chi connectivity index (χ4n) is 1.71. The van der Waals surface area contributed by atoms with Crippen molar-refractivity contribution in [2.45, 2.75) is 0 Å². The Kier molecular flexibility index (Phi) is 4.20. The zero-order valence-electron chi connectivity index (χ0n) is 11.0. The second-order valence-electron chi connectivity index (χ2n) is 4.08. The summed E-state index contributed by atoms with van der Waals surface area (Å²) in [5.41, 5.74) is 7.21. The monoisotopic (exact) mass is 296 g/mol. The van der Waals surface area contributed by atoms with E-state index in [2.05, 4.69) is 5.32 Å². The molecule has 4 nitrogen and oxygen atoms in total. The second-order valence-corrected chi connectivity index (χ2v) is 4.49. The van der Waals surface area contributed by atoms with E-state index in [0.29, 0.717) is 22.9 Å². The first-order valence-corrected chi connectivity index (χ1v) is 6.16. The maximum Gasteiger partial charge on any atom is 0.143 e. The molecule has 0 aliphatic rings. The van der Waals surface area contributed by atoms with Crippen molar-refractivity contribution in [3.63, 3.8) is 0 Å². The summed E-state index contributed by atoms with van der Waals surface area (Å²) in [6.45, 7) is 0. The molecule has 0 unspecified atom stereocenters. The first-order valence-electron chi connectivity index (χ1n) is 5.78. The largest absolute Gasteiger partial charge is 0.497 e.